The van der Waals surface area contributed by atoms with Crippen molar-refractivity contribution in [1.82, 2.24) is 0 Å². The molecule has 19 heavy (non-hydrogen) atoms. The predicted octanol–water partition coefficient (Wildman–Crippen LogP) is 2.35. The first kappa shape index (κ1) is 15.5. The van der Waals surface area contributed by atoms with Crippen LogP contribution in [0.25, 0.3) is 0 Å². The third-order valence-electron chi connectivity index (χ3n) is 2.40. The van der Waals surface area contributed by atoms with Crippen LogP contribution >= 0.6 is 0 Å². The Morgan fingerprint density at radius 2 is 1.89 bits per heavy atom. The molecule has 0 heterocycles. The number of alkyl halides is 5. The minimum Gasteiger partial charge on any atom is -0.399 e. The number of nitrogens with zero attached hydrogens (tertiary/aromatic N) is 1. The summed E-state index contributed by atoms with van der Waals surface area (Å²) >= 11 is 0. The van der Waals surface area contributed by atoms with Crippen molar-refractivity contribution in [2.24, 2.45) is 0 Å². The number of halogens is 5. The first-order chi connectivity index (χ1) is 8.75. The van der Waals surface area contributed by atoms with Crippen molar-refractivity contribution in [1.29, 1.82) is 0 Å². The molecule has 0 atom stereocenters. The largest absolute Gasteiger partial charge is 0.418 e. The van der Waals surface area contributed by atoms with Crippen LogP contribution in [0.4, 0.5) is 33.3 Å². The number of rotatable bonds is 5. The van der Waals surface area contributed by atoms with Crippen molar-refractivity contribution in [2.75, 3.05) is 30.3 Å². The number of anilines is 2. The maximum atomic E-state index is 12.8. The number of nitrogens with two attached hydrogens (primary N) is 1. The Morgan fingerprint density at radius 1 is 1.26 bits per heavy atom. The van der Waals surface area contributed by atoms with Gasteiger partial charge in [-0.1, -0.05) is 0 Å². The second-order valence-electron chi connectivity index (χ2n) is 3.84. The Labute approximate surface area is 106 Å². The summed E-state index contributed by atoms with van der Waals surface area (Å²) in [6, 6.07) is 2.90. The van der Waals surface area contributed by atoms with Crippen molar-refractivity contribution >= 4 is 11.4 Å². The van der Waals surface area contributed by atoms with Gasteiger partial charge in [-0.3, -0.25) is 0 Å². The molecule has 0 aliphatic carbocycles. The number of aliphatic hydroxyl groups is 1. The van der Waals surface area contributed by atoms with Gasteiger partial charge in [-0.25, -0.2) is 8.78 Å². The molecule has 0 fully saturated rings. The van der Waals surface area contributed by atoms with Gasteiger partial charge in [-0.05, 0) is 18.2 Å². The molecule has 0 radical (unpaired) electrons. The van der Waals surface area contributed by atoms with E-state index in [0.29, 0.717) is 6.07 Å². The van der Waals surface area contributed by atoms with Crippen LogP contribution in [-0.4, -0.2) is 31.2 Å². The molecule has 3 N–H and O–H groups in total. The zero-order valence-electron chi connectivity index (χ0n) is 9.79. The normalized spacial score (nSPS) is 11.9. The van der Waals surface area contributed by atoms with Gasteiger partial charge in [0.15, 0.2) is 0 Å². The number of aliphatic hydroxyl groups excluding tert-OH is 1. The molecule has 108 valence electrons. The lowest BCUT2D eigenvalue weighted by atomic mass is 10.1. The molecule has 3 nitrogen and oxygen atoms in total. The van der Waals surface area contributed by atoms with E-state index >= 15 is 0 Å². The van der Waals surface area contributed by atoms with E-state index < -0.39 is 37.0 Å². The summed E-state index contributed by atoms with van der Waals surface area (Å²) in [6.45, 7) is -1.75. The number of hydrogen-bond donors (Lipinski definition) is 2. The minimum absolute atomic E-state index is 0.114. The standard InChI is InChI=1S/C11H13F5N2O/c12-10(13)6-18(3-4-19)9-2-1-7(17)5-8(9)11(14,15)16/h1-2,5,10,19H,3-4,6,17H2. The maximum Gasteiger partial charge on any atom is 0.418 e. The molecule has 0 amide bonds. The summed E-state index contributed by atoms with van der Waals surface area (Å²) in [5, 5.41) is 8.77. The molecule has 0 saturated heterocycles. The second-order valence-corrected chi connectivity index (χ2v) is 3.84. The van der Waals surface area contributed by atoms with Crippen molar-refractivity contribution in [3.63, 3.8) is 0 Å². The zero-order valence-corrected chi connectivity index (χ0v) is 9.79. The van der Waals surface area contributed by atoms with Crippen LogP contribution in [0.1, 0.15) is 5.56 Å². The van der Waals surface area contributed by atoms with Gasteiger partial charge < -0.3 is 15.7 Å². The Hall–Kier alpha value is -1.57. The van der Waals surface area contributed by atoms with Crippen LogP contribution < -0.4 is 10.6 Å². The molecule has 8 heteroatoms. The van der Waals surface area contributed by atoms with E-state index in [9.17, 15) is 22.0 Å². The van der Waals surface area contributed by atoms with E-state index in [0.717, 1.165) is 11.0 Å². The molecule has 0 aromatic heterocycles. The topological polar surface area (TPSA) is 49.5 Å². The Kier molecular flexibility index (Phi) is 4.93. The number of benzene rings is 1. The third kappa shape index (κ3) is 4.23. The van der Waals surface area contributed by atoms with Gasteiger partial charge in [0.25, 0.3) is 6.43 Å². The van der Waals surface area contributed by atoms with Gasteiger partial charge >= 0.3 is 6.18 Å². The fraction of sp³-hybridized carbons (Fsp3) is 0.455. The highest BCUT2D eigenvalue weighted by Crippen LogP contribution is 2.37. The summed E-state index contributed by atoms with van der Waals surface area (Å²) < 4.78 is 63.2. The van der Waals surface area contributed by atoms with Crippen molar-refractivity contribution in [2.45, 2.75) is 12.6 Å². The van der Waals surface area contributed by atoms with E-state index in [2.05, 4.69) is 0 Å². The molecular formula is C11H13F5N2O. The SMILES string of the molecule is Nc1ccc(N(CCO)CC(F)F)c(C(F)(F)F)c1. The second kappa shape index (κ2) is 6.05. The number of nitrogen functional groups attached to an aromatic ring is 1. The molecule has 0 aliphatic heterocycles. The summed E-state index contributed by atoms with van der Waals surface area (Å²) in [4.78, 5) is 0.785. The monoisotopic (exact) mass is 284 g/mol. The quantitative estimate of drug-likeness (QED) is 0.644. The van der Waals surface area contributed by atoms with E-state index in [-0.39, 0.29) is 12.2 Å². The molecule has 1 aromatic carbocycles. The van der Waals surface area contributed by atoms with Gasteiger partial charge in [0.2, 0.25) is 0 Å². The molecule has 0 spiro atoms. The fourth-order valence-electron chi connectivity index (χ4n) is 1.65. The van der Waals surface area contributed by atoms with E-state index in [1.165, 1.54) is 6.07 Å². The third-order valence-corrected chi connectivity index (χ3v) is 2.40. The first-order valence-corrected chi connectivity index (χ1v) is 5.36. The van der Waals surface area contributed by atoms with Gasteiger partial charge in [0, 0.05) is 17.9 Å². The van der Waals surface area contributed by atoms with Crippen molar-refractivity contribution < 1.29 is 27.1 Å². The van der Waals surface area contributed by atoms with Crippen LogP contribution in [0.3, 0.4) is 0 Å². The van der Waals surface area contributed by atoms with Crippen LogP contribution in [0, 0.1) is 0 Å². The molecule has 0 saturated carbocycles. The van der Waals surface area contributed by atoms with E-state index in [1.54, 1.807) is 0 Å². The molecule has 0 bridgehead atoms. The van der Waals surface area contributed by atoms with Crippen LogP contribution in [0.5, 0.6) is 0 Å². The smallest absolute Gasteiger partial charge is 0.399 e. The lowest BCUT2D eigenvalue weighted by Gasteiger charge is -2.27. The molecule has 0 unspecified atom stereocenters. The Bertz CT molecular complexity index is 422. The average molecular weight is 284 g/mol. The minimum atomic E-state index is -4.71. The molecule has 1 rings (SSSR count). The Balaban J connectivity index is 3.21. The van der Waals surface area contributed by atoms with Crippen LogP contribution in [0.15, 0.2) is 18.2 Å². The van der Waals surface area contributed by atoms with Crippen molar-refractivity contribution in [3.8, 4) is 0 Å². The highest BCUT2D eigenvalue weighted by molar-refractivity contribution is 5.61. The maximum absolute atomic E-state index is 12.8. The van der Waals surface area contributed by atoms with Crippen LogP contribution in [0.2, 0.25) is 0 Å². The highest BCUT2D eigenvalue weighted by Gasteiger charge is 2.35. The first-order valence-electron chi connectivity index (χ1n) is 5.36. The lowest BCUT2D eigenvalue weighted by molar-refractivity contribution is -0.137. The summed E-state index contributed by atoms with van der Waals surface area (Å²) in [5.41, 5.74) is 3.65. The van der Waals surface area contributed by atoms with Gasteiger partial charge in [-0.2, -0.15) is 13.2 Å². The van der Waals surface area contributed by atoms with E-state index in [4.69, 9.17) is 10.8 Å². The average Bonchev–Trinajstić information content (AvgIpc) is 2.26. The van der Waals surface area contributed by atoms with Gasteiger partial charge in [-0.15, -0.1) is 0 Å². The molecular weight excluding hydrogens is 271 g/mol. The lowest BCUT2D eigenvalue weighted by Crippen LogP contribution is -2.33. The van der Waals surface area contributed by atoms with Gasteiger partial charge in [0.1, 0.15) is 0 Å². The predicted molar refractivity (Wildman–Crippen MR) is 61.2 cm³/mol. The molecule has 0 aliphatic rings. The summed E-state index contributed by atoms with van der Waals surface area (Å²) in [6.07, 6.45) is -7.52. The zero-order chi connectivity index (χ0) is 14.6. The highest BCUT2D eigenvalue weighted by atomic mass is 19.4. The van der Waals surface area contributed by atoms with Gasteiger partial charge in [0.05, 0.1) is 18.7 Å². The Morgan fingerprint density at radius 3 is 2.37 bits per heavy atom. The number of hydrogen-bond acceptors (Lipinski definition) is 3. The van der Waals surface area contributed by atoms with Crippen LogP contribution in [-0.2, 0) is 6.18 Å². The summed E-state index contributed by atoms with van der Waals surface area (Å²) in [7, 11) is 0. The molecule has 1 aromatic rings. The fourth-order valence-corrected chi connectivity index (χ4v) is 1.65. The van der Waals surface area contributed by atoms with E-state index in [1.807, 2.05) is 0 Å². The summed E-state index contributed by atoms with van der Waals surface area (Å²) in [5.74, 6) is 0. The van der Waals surface area contributed by atoms with Crippen molar-refractivity contribution in [3.05, 3.63) is 23.8 Å².